The highest BCUT2D eigenvalue weighted by molar-refractivity contribution is 7.15. The van der Waals surface area contributed by atoms with Crippen LogP contribution in [0.5, 0.6) is 0 Å². The zero-order valence-corrected chi connectivity index (χ0v) is 11.7. The lowest BCUT2D eigenvalue weighted by atomic mass is 9.75. The average molecular weight is 269 g/mol. The van der Waals surface area contributed by atoms with Crippen LogP contribution in [-0.4, -0.2) is 34.4 Å². The highest BCUT2D eigenvalue weighted by Gasteiger charge is 2.41. The van der Waals surface area contributed by atoms with E-state index in [1.165, 1.54) is 0 Å². The first-order chi connectivity index (χ1) is 8.57. The van der Waals surface area contributed by atoms with E-state index in [4.69, 9.17) is 0 Å². The predicted octanol–water partition coefficient (Wildman–Crippen LogP) is 2.32. The molecule has 1 saturated heterocycles. The Hall–Kier alpha value is -1.17. The molecular weight excluding hydrogens is 250 g/mol. The lowest BCUT2D eigenvalue weighted by Crippen LogP contribution is -2.44. The summed E-state index contributed by atoms with van der Waals surface area (Å²) in [6.45, 7) is 5.51. The molecule has 0 aliphatic carbocycles. The number of piperidine rings is 1. The van der Waals surface area contributed by atoms with E-state index in [0.717, 1.165) is 36.1 Å². The standard InChI is InChI=1S/C12H19N3O2S/c1-3-4-12(10(16)17)5-7-15(8-6-12)11-14-13-9(2)18-11/h3-8H2,1-2H3,(H,16,17). The van der Waals surface area contributed by atoms with Crippen LogP contribution in [0.1, 0.15) is 37.6 Å². The summed E-state index contributed by atoms with van der Waals surface area (Å²) < 4.78 is 0. The third-order valence-corrected chi connectivity index (χ3v) is 4.59. The zero-order chi connectivity index (χ0) is 13.2. The van der Waals surface area contributed by atoms with E-state index in [0.29, 0.717) is 12.8 Å². The van der Waals surface area contributed by atoms with Gasteiger partial charge >= 0.3 is 5.97 Å². The van der Waals surface area contributed by atoms with Crippen LogP contribution in [0.15, 0.2) is 0 Å². The molecule has 2 heterocycles. The third kappa shape index (κ3) is 2.48. The summed E-state index contributed by atoms with van der Waals surface area (Å²) in [7, 11) is 0. The maximum absolute atomic E-state index is 11.5. The number of carbonyl (C=O) groups is 1. The summed E-state index contributed by atoms with van der Waals surface area (Å²) in [6.07, 6.45) is 3.10. The molecule has 0 aromatic carbocycles. The molecule has 0 atom stereocenters. The summed E-state index contributed by atoms with van der Waals surface area (Å²) in [5.41, 5.74) is -0.523. The predicted molar refractivity (Wildman–Crippen MR) is 71.1 cm³/mol. The minimum absolute atomic E-state index is 0.523. The Morgan fingerprint density at radius 2 is 2.11 bits per heavy atom. The largest absolute Gasteiger partial charge is 0.481 e. The molecule has 1 aromatic heterocycles. The number of aryl methyl sites for hydroxylation is 1. The Labute approximate surface area is 111 Å². The molecule has 0 radical (unpaired) electrons. The lowest BCUT2D eigenvalue weighted by molar-refractivity contribution is -0.150. The Kier molecular flexibility index (Phi) is 3.85. The van der Waals surface area contributed by atoms with Gasteiger partial charge in [0.15, 0.2) is 0 Å². The molecule has 100 valence electrons. The second kappa shape index (κ2) is 5.22. The van der Waals surface area contributed by atoms with Crippen molar-refractivity contribution in [3.63, 3.8) is 0 Å². The fraction of sp³-hybridized carbons (Fsp3) is 0.750. The number of hydrogen-bond donors (Lipinski definition) is 1. The van der Waals surface area contributed by atoms with Crippen LogP contribution in [0.2, 0.25) is 0 Å². The number of aliphatic carboxylic acids is 1. The molecule has 5 nitrogen and oxygen atoms in total. The molecule has 0 amide bonds. The minimum Gasteiger partial charge on any atom is -0.481 e. The number of carboxylic acid groups (broad SMARTS) is 1. The van der Waals surface area contributed by atoms with Crippen molar-refractivity contribution in [3.05, 3.63) is 5.01 Å². The van der Waals surface area contributed by atoms with Crippen molar-refractivity contribution in [3.8, 4) is 0 Å². The van der Waals surface area contributed by atoms with Gasteiger partial charge in [-0.05, 0) is 26.2 Å². The quantitative estimate of drug-likeness (QED) is 0.908. The van der Waals surface area contributed by atoms with Gasteiger partial charge in [-0.1, -0.05) is 24.7 Å². The number of rotatable bonds is 4. The van der Waals surface area contributed by atoms with Gasteiger partial charge in [0, 0.05) is 13.1 Å². The van der Waals surface area contributed by atoms with Gasteiger partial charge in [0.25, 0.3) is 0 Å². The molecule has 6 heteroatoms. The van der Waals surface area contributed by atoms with E-state index in [1.807, 2.05) is 13.8 Å². The first kappa shape index (κ1) is 13.3. The fourth-order valence-electron chi connectivity index (χ4n) is 2.59. The molecule has 1 N–H and O–H groups in total. The van der Waals surface area contributed by atoms with Crippen LogP contribution in [-0.2, 0) is 4.79 Å². The van der Waals surface area contributed by atoms with E-state index in [1.54, 1.807) is 11.3 Å². The summed E-state index contributed by atoms with van der Waals surface area (Å²) in [5.74, 6) is -0.641. The monoisotopic (exact) mass is 269 g/mol. The van der Waals surface area contributed by atoms with Crippen molar-refractivity contribution in [1.29, 1.82) is 0 Å². The molecule has 1 fully saturated rings. The van der Waals surface area contributed by atoms with Crippen LogP contribution >= 0.6 is 11.3 Å². The second-order valence-corrected chi connectivity index (χ2v) is 6.09. The van der Waals surface area contributed by atoms with E-state index >= 15 is 0 Å². The molecule has 1 aliphatic heterocycles. The summed E-state index contributed by atoms with van der Waals surface area (Å²) in [5, 5.41) is 19.4. The Morgan fingerprint density at radius 3 is 2.56 bits per heavy atom. The van der Waals surface area contributed by atoms with E-state index < -0.39 is 11.4 Å². The SMILES string of the molecule is CCCC1(C(=O)O)CCN(c2nnc(C)s2)CC1. The van der Waals surface area contributed by atoms with Gasteiger partial charge in [-0.2, -0.15) is 0 Å². The molecular formula is C12H19N3O2S. The summed E-state index contributed by atoms with van der Waals surface area (Å²) in [4.78, 5) is 13.6. The van der Waals surface area contributed by atoms with Gasteiger partial charge in [-0.15, -0.1) is 10.2 Å². The smallest absolute Gasteiger partial charge is 0.309 e. The van der Waals surface area contributed by atoms with Crippen molar-refractivity contribution in [1.82, 2.24) is 10.2 Å². The van der Waals surface area contributed by atoms with Gasteiger partial charge in [-0.3, -0.25) is 4.79 Å². The number of aromatic nitrogens is 2. The van der Waals surface area contributed by atoms with Gasteiger partial charge < -0.3 is 10.0 Å². The number of hydrogen-bond acceptors (Lipinski definition) is 5. The van der Waals surface area contributed by atoms with Crippen LogP contribution in [0, 0.1) is 12.3 Å². The number of anilines is 1. The van der Waals surface area contributed by atoms with Crippen molar-refractivity contribution in [2.75, 3.05) is 18.0 Å². The van der Waals surface area contributed by atoms with Crippen molar-refractivity contribution in [2.45, 2.75) is 39.5 Å². The van der Waals surface area contributed by atoms with Crippen molar-refractivity contribution < 1.29 is 9.90 Å². The highest BCUT2D eigenvalue weighted by Crippen LogP contribution is 2.38. The van der Waals surface area contributed by atoms with Crippen LogP contribution in [0.25, 0.3) is 0 Å². The highest BCUT2D eigenvalue weighted by atomic mass is 32.1. The summed E-state index contributed by atoms with van der Waals surface area (Å²) >= 11 is 1.57. The first-order valence-corrected chi connectivity index (χ1v) is 7.17. The second-order valence-electron chi connectivity index (χ2n) is 4.93. The Balaban J connectivity index is 2.04. The van der Waals surface area contributed by atoms with Gasteiger partial charge in [0.2, 0.25) is 5.13 Å². The topological polar surface area (TPSA) is 66.3 Å². The van der Waals surface area contributed by atoms with E-state index in [9.17, 15) is 9.90 Å². The summed E-state index contributed by atoms with van der Waals surface area (Å²) in [6, 6.07) is 0. The van der Waals surface area contributed by atoms with E-state index in [-0.39, 0.29) is 0 Å². The van der Waals surface area contributed by atoms with Crippen molar-refractivity contribution >= 4 is 22.4 Å². The zero-order valence-electron chi connectivity index (χ0n) is 10.8. The minimum atomic E-state index is -0.641. The molecule has 1 aromatic rings. The molecule has 18 heavy (non-hydrogen) atoms. The first-order valence-electron chi connectivity index (χ1n) is 6.36. The molecule has 2 rings (SSSR count). The van der Waals surface area contributed by atoms with Crippen molar-refractivity contribution in [2.24, 2.45) is 5.41 Å². The number of nitrogens with zero attached hydrogens (tertiary/aromatic N) is 3. The maximum Gasteiger partial charge on any atom is 0.309 e. The fourth-order valence-corrected chi connectivity index (χ4v) is 3.33. The van der Waals surface area contributed by atoms with Crippen LogP contribution in [0.4, 0.5) is 5.13 Å². The number of carboxylic acids is 1. The lowest BCUT2D eigenvalue weighted by Gasteiger charge is -2.38. The molecule has 0 bridgehead atoms. The van der Waals surface area contributed by atoms with E-state index in [2.05, 4.69) is 15.1 Å². The van der Waals surface area contributed by atoms with Gasteiger partial charge in [-0.25, -0.2) is 0 Å². The van der Waals surface area contributed by atoms with Gasteiger partial charge in [0.05, 0.1) is 5.41 Å². The van der Waals surface area contributed by atoms with Gasteiger partial charge in [0.1, 0.15) is 5.01 Å². The van der Waals surface area contributed by atoms with Crippen LogP contribution in [0.3, 0.4) is 0 Å². The normalized spacial score (nSPS) is 18.9. The molecule has 0 saturated carbocycles. The average Bonchev–Trinajstić information content (AvgIpc) is 2.77. The third-order valence-electron chi connectivity index (χ3n) is 3.69. The maximum atomic E-state index is 11.5. The molecule has 0 unspecified atom stereocenters. The Morgan fingerprint density at radius 1 is 1.44 bits per heavy atom. The molecule has 0 spiro atoms. The molecule has 1 aliphatic rings. The van der Waals surface area contributed by atoms with Crippen LogP contribution < -0.4 is 4.90 Å². The Bertz CT molecular complexity index is 425.